The number of ether oxygens (including phenoxy) is 2. The van der Waals surface area contributed by atoms with Crippen LogP contribution >= 0.6 is 11.3 Å². The summed E-state index contributed by atoms with van der Waals surface area (Å²) in [6.07, 6.45) is 8.80. The van der Waals surface area contributed by atoms with E-state index in [1.54, 1.807) is 36.5 Å². The predicted molar refractivity (Wildman–Crippen MR) is 169 cm³/mol. The lowest BCUT2D eigenvalue weighted by Crippen LogP contribution is -2.31. The van der Waals surface area contributed by atoms with Gasteiger partial charge in [0.25, 0.3) is 0 Å². The number of carboxylic acids is 1. The molecule has 1 N–H and O–H groups in total. The molecule has 0 amide bonds. The molecule has 0 unspecified atom stereocenters. The van der Waals surface area contributed by atoms with Crippen molar-refractivity contribution in [1.82, 2.24) is 29.3 Å². The number of aromatic nitrogens is 6. The third kappa shape index (κ3) is 5.99. The van der Waals surface area contributed by atoms with Crippen molar-refractivity contribution in [2.24, 2.45) is 0 Å². The summed E-state index contributed by atoms with van der Waals surface area (Å²) in [6.45, 7) is 1.25. The SMILES string of the molecule is O=C(O)c1ccc2nc(Cc3cc(F)c(-c4cccc(OCc5ncc(-c6cnn(C7CC7)c6)s5)n4)cc3F)n(C[C@@H]3CCO3)c2c1. The van der Waals surface area contributed by atoms with Crippen LogP contribution in [0.4, 0.5) is 8.78 Å². The Morgan fingerprint density at radius 3 is 2.72 bits per heavy atom. The molecule has 0 spiro atoms. The Balaban J connectivity index is 1.00. The van der Waals surface area contributed by atoms with Crippen LogP contribution in [0.1, 0.15) is 52.1 Å². The average Bonchev–Trinajstić information content (AvgIpc) is 3.43. The van der Waals surface area contributed by atoms with E-state index < -0.39 is 17.6 Å². The number of carbonyl (C=O) groups is 1. The number of benzene rings is 2. The molecular formula is C34H28F2N6O4S. The molecule has 6 aromatic rings. The summed E-state index contributed by atoms with van der Waals surface area (Å²) in [7, 11) is 0. The summed E-state index contributed by atoms with van der Waals surface area (Å²) in [4.78, 5) is 26.1. The van der Waals surface area contributed by atoms with Gasteiger partial charge in [0.2, 0.25) is 5.88 Å². The van der Waals surface area contributed by atoms with E-state index in [1.165, 1.54) is 17.4 Å². The lowest BCUT2D eigenvalue weighted by Gasteiger charge is -2.27. The number of aromatic carboxylic acids is 1. The highest BCUT2D eigenvalue weighted by molar-refractivity contribution is 7.15. The molecule has 238 valence electrons. The fourth-order valence-electron chi connectivity index (χ4n) is 5.66. The second-order valence-corrected chi connectivity index (χ2v) is 12.9. The van der Waals surface area contributed by atoms with Crippen molar-refractivity contribution in [3.05, 3.63) is 101 Å². The number of carboxylic acid groups (broad SMARTS) is 1. The normalized spacial score (nSPS) is 16.0. The highest BCUT2D eigenvalue weighted by atomic mass is 32.1. The Morgan fingerprint density at radius 1 is 1.06 bits per heavy atom. The van der Waals surface area contributed by atoms with Crippen LogP contribution in [0, 0.1) is 11.6 Å². The van der Waals surface area contributed by atoms with Crippen molar-refractivity contribution < 1.29 is 28.2 Å². The first-order chi connectivity index (χ1) is 22.9. The fourth-order valence-corrected chi connectivity index (χ4v) is 6.47. The lowest BCUT2D eigenvalue weighted by atomic mass is 10.0. The molecule has 1 saturated carbocycles. The third-order valence-electron chi connectivity index (χ3n) is 8.44. The number of fused-ring (bicyclic) bond motifs is 1. The Hall–Kier alpha value is -5.01. The zero-order valence-electron chi connectivity index (χ0n) is 25.0. The van der Waals surface area contributed by atoms with Gasteiger partial charge in [0.05, 0.1) is 52.1 Å². The number of pyridine rings is 1. The zero-order valence-corrected chi connectivity index (χ0v) is 25.8. The van der Waals surface area contributed by atoms with Gasteiger partial charge in [0.1, 0.15) is 29.1 Å². The number of hydrogen-bond acceptors (Lipinski definition) is 8. The topological polar surface area (TPSA) is 117 Å². The highest BCUT2D eigenvalue weighted by Gasteiger charge is 2.25. The minimum atomic E-state index is -1.06. The van der Waals surface area contributed by atoms with Gasteiger partial charge < -0.3 is 19.1 Å². The van der Waals surface area contributed by atoms with Crippen LogP contribution < -0.4 is 4.74 Å². The summed E-state index contributed by atoms with van der Waals surface area (Å²) in [5, 5.41) is 14.7. The van der Waals surface area contributed by atoms with E-state index in [0.29, 0.717) is 36.1 Å². The molecule has 2 aliphatic rings. The van der Waals surface area contributed by atoms with Gasteiger partial charge in [-0.3, -0.25) is 4.68 Å². The van der Waals surface area contributed by atoms with E-state index >= 15 is 8.78 Å². The maximum atomic E-state index is 15.6. The Morgan fingerprint density at radius 2 is 1.94 bits per heavy atom. The zero-order chi connectivity index (χ0) is 32.1. The maximum Gasteiger partial charge on any atom is 0.335 e. The minimum Gasteiger partial charge on any atom is -0.478 e. The summed E-state index contributed by atoms with van der Waals surface area (Å²) >= 11 is 1.50. The molecule has 1 saturated heterocycles. The fraction of sp³-hybridized carbons (Fsp3) is 0.265. The van der Waals surface area contributed by atoms with Gasteiger partial charge in [0.15, 0.2) is 0 Å². The molecule has 10 nitrogen and oxygen atoms in total. The van der Waals surface area contributed by atoms with Crippen LogP contribution in [-0.2, 0) is 24.3 Å². The average molecular weight is 655 g/mol. The molecule has 2 fully saturated rings. The van der Waals surface area contributed by atoms with Gasteiger partial charge in [-0.1, -0.05) is 6.07 Å². The second kappa shape index (κ2) is 12.0. The van der Waals surface area contributed by atoms with E-state index in [9.17, 15) is 9.90 Å². The Bertz CT molecular complexity index is 2130. The number of rotatable bonds is 11. The molecule has 1 aliphatic heterocycles. The molecule has 13 heteroatoms. The van der Waals surface area contributed by atoms with Crippen molar-refractivity contribution in [3.63, 3.8) is 0 Å². The van der Waals surface area contributed by atoms with Crippen molar-refractivity contribution in [3.8, 4) is 27.6 Å². The molecule has 5 heterocycles. The first kappa shape index (κ1) is 29.4. The molecule has 0 radical (unpaired) electrons. The first-order valence-corrected chi connectivity index (χ1v) is 16.1. The third-order valence-corrected chi connectivity index (χ3v) is 9.46. The number of thiazole rings is 1. The Kier molecular flexibility index (Phi) is 7.49. The van der Waals surface area contributed by atoms with Gasteiger partial charge in [-0.2, -0.15) is 5.10 Å². The van der Waals surface area contributed by atoms with E-state index in [0.717, 1.165) is 46.8 Å². The number of hydrogen-bond donors (Lipinski definition) is 1. The monoisotopic (exact) mass is 654 g/mol. The van der Waals surface area contributed by atoms with Crippen LogP contribution in [0.5, 0.6) is 5.88 Å². The first-order valence-electron chi connectivity index (χ1n) is 15.3. The Labute approximate surface area is 271 Å². The molecule has 8 rings (SSSR count). The molecule has 2 aromatic carbocycles. The molecule has 0 bridgehead atoms. The van der Waals surface area contributed by atoms with Crippen molar-refractivity contribution >= 4 is 28.3 Å². The van der Waals surface area contributed by atoms with Gasteiger partial charge in [-0.05, 0) is 61.2 Å². The van der Waals surface area contributed by atoms with E-state index in [2.05, 4.69) is 20.1 Å². The molecule has 47 heavy (non-hydrogen) atoms. The molecule has 4 aromatic heterocycles. The van der Waals surface area contributed by atoms with Crippen LogP contribution in [-0.4, -0.2) is 53.1 Å². The van der Waals surface area contributed by atoms with E-state index in [4.69, 9.17) is 9.47 Å². The summed E-state index contributed by atoms with van der Waals surface area (Å²) < 4.78 is 46.5. The van der Waals surface area contributed by atoms with Crippen LogP contribution in [0.2, 0.25) is 0 Å². The molecular weight excluding hydrogens is 626 g/mol. The van der Waals surface area contributed by atoms with Crippen LogP contribution in [0.15, 0.2) is 67.1 Å². The largest absolute Gasteiger partial charge is 0.478 e. The van der Waals surface area contributed by atoms with Crippen molar-refractivity contribution in [2.45, 2.75) is 51.0 Å². The molecule has 1 aliphatic carbocycles. The highest BCUT2D eigenvalue weighted by Crippen LogP contribution is 2.36. The van der Waals surface area contributed by atoms with E-state index in [-0.39, 0.29) is 47.4 Å². The van der Waals surface area contributed by atoms with Gasteiger partial charge in [0, 0.05) is 42.6 Å². The smallest absolute Gasteiger partial charge is 0.335 e. The summed E-state index contributed by atoms with van der Waals surface area (Å²) in [6, 6.07) is 12.4. The number of imidazole rings is 1. The van der Waals surface area contributed by atoms with Gasteiger partial charge >= 0.3 is 5.97 Å². The van der Waals surface area contributed by atoms with Crippen LogP contribution in [0.25, 0.3) is 32.7 Å². The standard InChI is InChI=1S/C34H28F2N6O4S/c35-25-13-24(27-2-1-3-32(40-27)46-18-33-37-15-30(47-33)21-14-38-42(16-21)22-5-6-22)26(36)10-20(25)12-31-39-28-7-4-19(34(43)44)11-29(28)41(31)17-23-8-9-45-23/h1-4,7,10-11,13-16,22-23H,5-6,8-9,12,17-18H2,(H,43,44)/t23-/m0/s1. The molecule has 1 atom stereocenters. The van der Waals surface area contributed by atoms with Gasteiger partial charge in [-0.25, -0.2) is 28.5 Å². The second-order valence-electron chi connectivity index (χ2n) is 11.7. The van der Waals surface area contributed by atoms with Crippen molar-refractivity contribution in [2.75, 3.05) is 6.61 Å². The van der Waals surface area contributed by atoms with Crippen LogP contribution in [0.3, 0.4) is 0 Å². The number of halogens is 2. The summed E-state index contributed by atoms with van der Waals surface area (Å²) in [5.74, 6) is -1.56. The maximum absolute atomic E-state index is 15.6. The van der Waals surface area contributed by atoms with Gasteiger partial charge in [-0.15, -0.1) is 11.3 Å². The minimum absolute atomic E-state index is 0.000584. The number of nitrogens with zero attached hydrogens (tertiary/aromatic N) is 6. The van der Waals surface area contributed by atoms with Crippen molar-refractivity contribution in [1.29, 1.82) is 0 Å². The summed E-state index contributed by atoms with van der Waals surface area (Å²) in [5.41, 5.74) is 2.66. The predicted octanol–water partition coefficient (Wildman–Crippen LogP) is 6.69. The quantitative estimate of drug-likeness (QED) is 0.164. The van der Waals surface area contributed by atoms with E-state index in [1.807, 2.05) is 21.6 Å². The lowest BCUT2D eigenvalue weighted by molar-refractivity contribution is -0.0589.